The number of hydrogen-bond donors (Lipinski definition) is 1. The van der Waals surface area contributed by atoms with Crippen LogP contribution in [0.1, 0.15) is 55.6 Å². The van der Waals surface area contributed by atoms with Crippen molar-refractivity contribution in [3.8, 4) is 6.07 Å². The number of fused-ring (bicyclic) bond motifs is 1. The lowest BCUT2D eigenvalue weighted by Gasteiger charge is -2.42. The molecule has 1 saturated heterocycles. The van der Waals surface area contributed by atoms with Crippen LogP contribution in [-0.2, 0) is 9.47 Å². The molecular weight excluding hydrogens is 436 g/mol. The van der Waals surface area contributed by atoms with Crippen molar-refractivity contribution in [2.24, 2.45) is 0 Å². The molecule has 6 heteroatoms. The molecule has 180 valence electrons. The Hall–Kier alpha value is -3.43. The van der Waals surface area contributed by atoms with Gasteiger partial charge in [0.1, 0.15) is 6.26 Å². The molecule has 1 aromatic carbocycles. The Balaban J connectivity index is 1.01. The van der Waals surface area contributed by atoms with E-state index in [-0.39, 0.29) is 0 Å². The van der Waals surface area contributed by atoms with Gasteiger partial charge in [0.2, 0.25) is 5.88 Å². The van der Waals surface area contributed by atoms with E-state index in [2.05, 4.69) is 45.3 Å². The van der Waals surface area contributed by atoms with Gasteiger partial charge < -0.3 is 19.4 Å². The Labute approximate surface area is 206 Å². The predicted molar refractivity (Wildman–Crippen MR) is 136 cm³/mol. The molecule has 4 aliphatic rings. The highest BCUT2D eigenvalue weighted by Gasteiger charge is 2.31. The fraction of sp³-hybridized carbons (Fsp3) is 0.414. The number of ether oxygens (including phenoxy) is 2. The number of H-pyrrole nitrogens is 1. The molecule has 0 amide bonds. The summed E-state index contributed by atoms with van der Waals surface area (Å²) in [6, 6.07) is 8.90. The Morgan fingerprint density at radius 3 is 2.57 bits per heavy atom. The van der Waals surface area contributed by atoms with E-state index in [1.165, 1.54) is 42.2 Å². The first-order valence-corrected chi connectivity index (χ1v) is 12.9. The van der Waals surface area contributed by atoms with Crippen LogP contribution in [0, 0.1) is 11.3 Å². The zero-order valence-corrected chi connectivity index (χ0v) is 20.1. The van der Waals surface area contributed by atoms with Crippen molar-refractivity contribution in [1.82, 2.24) is 14.8 Å². The van der Waals surface area contributed by atoms with Crippen molar-refractivity contribution in [2.75, 3.05) is 26.2 Å². The predicted octanol–water partition coefficient (Wildman–Crippen LogP) is 5.65. The molecule has 2 fully saturated rings. The molecule has 35 heavy (non-hydrogen) atoms. The molecule has 0 bridgehead atoms. The van der Waals surface area contributed by atoms with E-state index in [0.717, 1.165) is 61.7 Å². The monoisotopic (exact) mass is 468 g/mol. The third-order valence-corrected chi connectivity index (χ3v) is 8.03. The zero-order valence-electron chi connectivity index (χ0n) is 20.1. The first-order valence-electron chi connectivity index (χ1n) is 12.9. The van der Waals surface area contributed by atoms with Crippen LogP contribution in [-0.4, -0.2) is 47.0 Å². The molecular formula is C29H32N4O2. The third kappa shape index (κ3) is 4.49. The van der Waals surface area contributed by atoms with Gasteiger partial charge in [-0.15, -0.1) is 0 Å². The molecule has 0 spiro atoms. The van der Waals surface area contributed by atoms with Crippen molar-refractivity contribution in [1.29, 1.82) is 5.26 Å². The number of benzene rings is 1. The van der Waals surface area contributed by atoms with Crippen LogP contribution < -0.4 is 0 Å². The van der Waals surface area contributed by atoms with E-state index < -0.39 is 0 Å². The van der Waals surface area contributed by atoms with Gasteiger partial charge in [-0.2, -0.15) is 5.26 Å². The summed E-state index contributed by atoms with van der Waals surface area (Å²) >= 11 is 0. The molecule has 1 saturated carbocycles. The molecule has 1 N–H and O–H groups in total. The average molecular weight is 469 g/mol. The van der Waals surface area contributed by atoms with Gasteiger partial charge in [0.05, 0.1) is 11.6 Å². The van der Waals surface area contributed by atoms with E-state index in [1.807, 2.05) is 18.2 Å². The van der Waals surface area contributed by atoms with Crippen LogP contribution in [0.3, 0.4) is 0 Å². The van der Waals surface area contributed by atoms with Gasteiger partial charge in [-0.1, -0.05) is 18.2 Å². The number of piperazine rings is 1. The second-order valence-electron chi connectivity index (χ2n) is 9.98. The molecule has 2 aliphatic heterocycles. The highest BCUT2D eigenvalue weighted by Crippen LogP contribution is 2.38. The molecule has 6 rings (SSSR count). The fourth-order valence-electron chi connectivity index (χ4n) is 6.00. The number of nitrogens with one attached hydrogen (secondary N) is 1. The van der Waals surface area contributed by atoms with Crippen molar-refractivity contribution in [3.05, 3.63) is 83.5 Å². The highest BCUT2D eigenvalue weighted by molar-refractivity contribution is 5.85. The summed E-state index contributed by atoms with van der Waals surface area (Å²) in [6.45, 7) is 4.04. The van der Waals surface area contributed by atoms with Gasteiger partial charge in [0, 0.05) is 49.3 Å². The second-order valence-corrected chi connectivity index (χ2v) is 9.98. The number of allylic oxidation sites excluding steroid dienone is 4. The molecule has 1 aromatic heterocycles. The van der Waals surface area contributed by atoms with Crippen LogP contribution in [0.5, 0.6) is 0 Å². The minimum absolute atomic E-state index is 0.573. The lowest BCUT2D eigenvalue weighted by molar-refractivity contribution is 0.0536. The summed E-state index contributed by atoms with van der Waals surface area (Å²) in [5.41, 5.74) is 4.45. The van der Waals surface area contributed by atoms with Gasteiger partial charge in [-0.3, -0.25) is 4.90 Å². The van der Waals surface area contributed by atoms with E-state index in [1.54, 1.807) is 12.5 Å². The first-order chi connectivity index (χ1) is 17.3. The number of rotatable bonds is 4. The average Bonchev–Trinajstić information content (AvgIpc) is 3.37. The normalized spacial score (nSPS) is 25.2. The lowest BCUT2D eigenvalue weighted by Crippen LogP contribution is -2.50. The summed E-state index contributed by atoms with van der Waals surface area (Å²) in [7, 11) is 0. The number of aromatic nitrogens is 1. The maximum Gasteiger partial charge on any atom is 0.231 e. The number of nitrogens with zero attached hydrogens (tertiary/aromatic N) is 3. The topological polar surface area (TPSA) is 64.5 Å². The molecule has 3 heterocycles. The van der Waals surface area contributed by atoms with Gasteiger partial charge in [0.15, 0.2) is 12.0 Å². The molecule has 0 radical (unpaired) electrons. The van der Waals surface area contributed by atoms with Crippen LogP contribution in [0.2, 0.25) is 0 Å². The van der Waals surface area contributed by atoms with Crippen molar-refractivity contribution >= 4 is 10.9 Å². The smallest absolute Gasteiger partial charge is 0.231 e. The number of aromatic amines is 1. The molecule has 0 unspecified atom stereocenters. The molecule has 0 atom stereocenters. The van der Waals surface area contributed by atoms with Crippen molar-refractivity contribution < 1.29 is 9.47 Å². The van der Waals surface area contributed by atoms with Gasteiger partial charge in [-0.25, -0.2) is 0 Å². The minimum Gasteiger partial charge on any atom is -0.456 e. The van der Waals surface area contributed by atoms with Gasteiger partial charge in [0.25, 0.3) is 0 Å². The molecule has 2 aliphatic carbocycles. The Bertz CT molecular complexity index is 1250. The Kier molecular flexibility index (Phi) is 6.10. The van der Waals surface area contributed by atoms with E-state index in [9.17, 15) is 5.26 Å². The van der Waals surface area contributed by atoms with Crippen molar-refractivity contribution in [3.63, 3.8) is 0 Å². The quantitative estimate of drug-likeness (QED) is 0.628. The zero-order chi connectivity index (χ0) is 23.6. The largest absolute Gasteiger partial charge is 0.456 e. The third-order valence-electron chi connectivity index (χ3n) is 8.03. The maximum absolute atomic E-state index is 9.29. The number of nitriles is 1. The second kappa shape index (κ2) is 9.67. The van der Waals surface area contributed by atoms with Crippen LogP contribution in [0.15, 0.2) is 72.4 Å². The highest BCUT2D eigenvalue weighted by atomic mass is 16.6. The first kappa shape index (κ1) is 22.1. The van der Waals surface area contributed by atoms with Crippen LogP contribution in [0.4, 0.5) is 0 Å². The summed E-state index contributed by atoms with van der Waals surface area (Å²) in [4.78, 5) is 8.37. The van der Waals surface area contributed by atoms with Crippen molar-refractivity contribution in [2.45, 2.75) is 50.5 Å². The fourth-order valence-corrected chi connectivity index (χ4v) is 6.00. The van der Waals surface area contributed by atoms with Gasteiger partial charge >= 0.3 is 0 Å². The summed E-state index contributed by atoms with van der Waals surface area (Å²) in [5, 5.41) is 10.5. The number of hydrogen-bond acceptors (Lipinski definition) is 5. The SMILES string of the molecule is N#Cc1ccc2[nH]cc(C3CCC(N4CCN(C5=COC(C6=CC=CCC6)=CO5)CC4)CC3)c2c1. The summed E-state index contributed by atoms with van der Waals surface area (Å²) < 4.78 is 11.9. The molecule has 2 aromatic rings. The standard InChI is InChI=1S/C29H32N4O2/c30-17-21-6-11-27-25(16-21)26(18-31-27)22-7-9-24(10-8-22)32-12-14-33(15-13-32)29-20-34-28(19-35-29)23-4-2-1-3-5-23/h1-2,4,6,11,16,18-20,22,24,31H,3,5,7-10,12-15H2. The molecule has 6 nitrogen and oxygen atoms in total. The Morgan fingerprint density at radius 2 is 1.86 bits per heavy atom. The van der Waals surface area contributed by atoms with Crippen LogP contribution >= 0.6 is 0 Å². The van der Waals surface area contributed by atoms with E-state index in [4.69, 9.17) is 9.47 Å². The minimum atomic E-state index is 0.573. The van der Waals surface area contributed by atoms with Gasteiger partial charge in [-0.05, 0) is 73.8 Å². The van der Waals surface area contributed by atoms with Crippen LogP contribution in [0.25, 0.3) is 10.9 Å². The summed E-state index contributed by atoms with van der Waals surface area (Å²) in [5.74, 6) is 2.22. The summed E-state index contributed by atoms with van der Waals surface area (Å²) in [6.07, 6.45) is 19.0. The Morgan fingerprint density at radius 1 is 1.00 bits per heavy atom. The maximum atomic E-state index is 9.29. The van der Waals surface area contributed by atoms with E-state index >= 15 is 0 Å². The van der Waals surface area contributed by atoms with E-state index in [0.29, 0.717) is 12.0 Å². The lowest BCUT2D eigenvalue weighted by atomic mass is 9.81.